The molecule has 1 fully saturated rings. The molecule has 42 heavy (non-hydrogen) atoms. The molecule has 5 aromatic rings. The molecule has 0 aromatic carbocycles. The van der Waals surface area contributed by atoms with Crippen molar-refractivity contribution in [1.29, 1.82) is 0 Å². The average Bonchev–Trinajstić information content (AvgIpc) is 3.63. The molecule has 1 aliphatic heterocycles. The molecule has 1 amide bonds. The Morgan fingerprint density at radius 1 is 0.905 bits per heavy atom. The lowest BCUT2D eigenvalue weighted by atomic mass is 9.93. The van der Waals surface area contributed by atoms with E-state index >= 15 is 0 Å². The highest BCUT2D eigenvalue weighted by atomic mass is 79.9. The Labute approximate surface area is 266 Å². The Kier molecular flexibility index (Phi) is 8.80. The van der Waals surface area contributed by atoms with E-state index in [1.165, 1.54) is 12.7 Å². The van der Waals surface area contributed by atoms with Crippen molar-refractivity contribution in [2.75, 3.05) is 5.32 Å². The number of rotatable bonds is 3. The second-order valence-electron chi connectivity index (χ2n) is 10.9. The Bertz CT molecular complexity index is 1700. The van der Waals surface area contributed by atoms with Crippen LogP contribution in [0.5, 0.6) is 0 Å². The summed E-state index contributed by atoms with van der Waals surface area (Å²) in [5.74, 6) is 0.591. The van der Waals surface area contributed by atoms with Gasteiger partial charge in [-0.15, -0.1) is 0 Å². The molecule has 6 rings (SSSR count). The monoisotopic (exact) mass is 766 g/mol. The fourth-order valence-electron chi connectivity index (χ4n) is 4.83. The van der Waals surface area contributed by atoms with E-state index in [2.05, 4.69) is 102 Å². The van der Waals surface area contributed by atoms with Gasteiger partial charge >= 0.3 is 6.09 Å². The quantitative estimate of drug-likeness (QED) is 0.238. The smallest absolute Gasteiger partial charge is 0.410 e. The molecule has 1 N–H and O–H groups in total. The molecule has 0 spiro atoms. The van der Waals surface area contributed by atoms with Crippen LogP contribution in [0.2, 0.25) is 0 Å². The van der Waals surface area contributed by atoms with Gasteiger partial charge in [0, 0.05) is 18.3 Å². The summed E-state index contributed by atoms with van der Waals surface area (Å²) >= 11 is 9.90. The van der Waals surface area contributed by atoms with Gasteiger partial charge in [0.1, 0.15) is 27.5 Å². The van der Waals surface area contributed by atoms with Crippen LogP contribution in [-0.4, -0.2) is 77.6 Å². The number of halogens is 3. The maximum atomic E-state index is 12.6. The predicted octanol–water partition coefficient (Wildman–Crippen LogP) is 5.83. The Morgan fingerprint density at radius 2 is 1.50 bits per heavy atom. The van der Waals surface area contributed by atoms with Crippen LogP contribution >= 0.6 is 47.8 Å². The van der Waals surface area contributed by atoms with Gasteiger partial charge in [-0.05, 0) is 95.3 Å². The number of amides is 1. The number of carbonyl (C=O) groups is 1. The molecule has 5 aromatic heterocycles. The van der Waals surface area contributed by atoms with Gasteiger partial charge in [0.05, 0.1) is 30.3 Å². The minimum atomic E-state index is -0.508. The maximum Gasteiger partial charge on any atom is 0.410 e. The summed E-state index contributed by atoms with van der Waals surface area (Å²) in [5.41, 5.74) is 1.65. The Hall–Kier alpha value is -3.18. The molecule has 0 aliphatic carbocycles. The number of anilines is 2. The zero-order chi connectivity index (χ0) is 30.2. The van der Waals surface area contributed by atoms with Gasteiger partial charge in [-0.1, -0.05) is 0 Å². The van der Waals surface area contributed by atoms with Crippen LogP contribution in [0.25, 0.3) is 11.3 Å². The number of likely N-dealkylation sites (tertiary alicyclic amines) is 1. The number of aromatic nitrogens is 10. The van der Waals surface area contributed by atoms with Crippen LogP contribution in [0.15, 0.2) is 51.3 Å². The topological polar surface area (TPSA) is 146 Å². The fraction of sp³-hybridized carbons (Fsp3) is 0.440. The summed E-state index contributed by atoms with van der Waals surface area (Å²) in [4.78, 5) is 31.3. The lowest BCUT2D eigenvalue weighted by Crippen LogP contribution is -2.51. The number of nitrogens with one attached hydrogen (secondary N) is 1. The standard InChI is InChI=1S/C20H27BrN8O2.C5H2Br2N4/c1-12-6-15(7-13(2)29(12)19(30)31-20(3,4)5)27-9-14(8-23-27)25-17-18-22-11-24-28(18)10-16(21)26-17;6-3-1-11-5(4(7)10-3)8-2-9-11/h8-13,15H,6-7H2,1-5H3,(H,25,26);1-2H. The van der Waals surface area contributed by atoms with E-state index < -0.39 is 5.60 Å². The first kappa shape index (κ1) is 30.3. The first-order chi connectivity index (χ1) is 19.9. The molecule has 14 nitrogen and oxygen atoms in total. The van der Waals surface area contributed by atoms with Gasteiger partial charge in [0.25, 0.3) is 0 Å². The number of hydrogen-bond donors (Lipinski definition) is 1. The van der Waals surface area contributed by atoms with E-state index in [-0.39, 0.29) is 24.2 Å². The first-order valence-electron chi connectivity index (χ1n) is 13.1. The summed E-state index contributed by atoms with van der Waals surface area (Å²) in [7, 11) is 0. The summed E-state index contributed by atoms with van der Waals surface area (Å²) in [6, 6.07) is 0.279. The molecule has 2 unspecified atom stereocenters. The van der Waals surface area contributed by atoms with E-state index in [9.17, 15) is 4.79 Å². The molecular weight excluding hydrogens is 740 g/mol. The van der Waals surface area contributed by atoms with E-state index in [0.29, 0.717) is 26.3 Å². The molecule has 0 saturated carbocycles. The largest absolute Gasteiger partial charge is 0.444 e. The Balaban J connectivity index is 0.000000267. The molecule has 17 heteroatoms. The molecule has 0 radical (unpaired) electrons. The van der Waals surface area contributed by atoms with Crippen molar-refractivity contribution in [3.63, 3.8) is 0 Å². The Morgan fingerprint density at radius 3 is 2.14 bits per heavy atom. The maximum absolute atomic E-state index is 12.6. The van der Waals surface area contributed by atoms with Crippen LogP contribution in [0.1, 0.15) is 53.5 Å². The number of nitrogens with zero attached hydrogens (tertiary/aromatic N) is 11. The van der Waals surface area contributed by atoms with Crippen LogP contribution < -0.4 is 5.32 Å². The molecular formula is C25H29Br3N12O2. The number of carbonyl (C=O) groups excluding carboxylic acids is 1. The van der Waals surface area contributed by atoms with Gasteiger partial charge in [-0.25, -0.2) is 33.8 Å². The van der Waals surface area contributed by atoms with Gasteiger partial charge < -0.3 is 15.0 Å². The van der Waals surface area contributed by atoms with Gasteiger partial charge in [0.2, 0.25) is 0 Å². The summed E-state index contributed by atoms with van der Waals surface area (Å²) in [5, 5.41) is 15.9. The zero-order valence-electron chi connectivity index (χ0n) is 23.5. The minimum absolute atomic E-state index is 0.0478. The van der Waals surface area contributed by atoms with E-state index in [0.717, 1.165) is 23.1 Å². The van der Waals surface area contributed by atoms with Crippen molar-refractivity contribution in [2.45, 2.75) is 71.2 Å². The highest BCUT2D eigenvalue weighted by Crippen LogP contribution is 2.33. The lowest BCUT2D eigenvalue weighted by molar-refractivity contribution is -0.00692. The van der Waals surface area contributed by atoms with Crippen LogP contribution in [0.4, 0.5) is 16.3 Å². The third-order valence-electron chi connectivity index (χ3n) is 6.44. The second kappa shape index (κ2) is 12.2. The molecule has 222 valence electrons. The summed E-state index contributed by atoms with van der Waals surface area (Å²) in [6.07, 6.45) is 11.5. The highest BCUT2D eigenvalue weighted by molar-refractivity contribution is 9.11. The van der Waals surface area contributed by atoms with Crippen molar-refractivity contribution in [1.82, 2.24) is 53.8 Å². The SMILES string of the molecule is Brc1cn2ncnc2c(Br)n1.CC1CC(n2cc(Nc3nc(Br)cn4ncnc34)cn2)CC(C)N1C(=O)OC(C)(C)C. The highest BCUT2D eigenvalue weighted by Gasteiger charge is 2.37. The number of ether oxygens (including phenoxy) is 1. The summed E-state index contributed by atoms with van der Waals surface area (Å²) < 4.78 is 12.9. The molecule has 2 atom stereocenters. The number of hydrogen-bond acceptors (Lipinski definition) is 10. The third kappa shape index (κ3) is 6.89. The number of fused-ring (bicyclic) bond motifs is 2. The average molecular weight is 769 g/mol. The molecule has 1 saturated heterocycles. The van der Waals surface area contributed by atoms with Crippen molar-refractivity contribution < 1.29 is 9.53 Å². The van der Waals surface area contributed by atoms with Crippen LogP contribution in [-0.2, 0) is 4.74 Å². The van der Waals surface area contributed by atoms with Crippen molar-refractivity contribution in [3.05, 3.63) is 51.3 Å². The van der Waals surface area contributed by atoms with Crippen molar-refractivity contribution in [3.8, 4) is 0 Å². The third-order valence-corrected chi connectivity index (χ3v) is 7.74. The predicted molar refractivity (Wildman–Crippen MR) is 165 cm³/mol. The van der Waals surface area contributed by atoms with Crippen molar-refractivity contribution >= 4 is 76.7 Å². The van der Waals surface area contributed by atoms with E-state index in [1.807, 2.05) is 36.5 Å². The van der Waals surface area contributed by atoms with Crippen LogP contribution in [0.3, 0.4) is 0 Å². The molecule has 6 heterocycles. The van der Waals surface area contributed by atoms with E-state index in [1.54, 1.807) is 27.6 Å². The lowest BCUT2D eigenvalue weighted by Gasteiger charge is -2.42. The van der Waals surface area contributed by atoms with Gasteiger partial charge in [0.15, 0.2) is 21.7 Å². The summed E-state index contributed by atoms with van der Waals surface area (Å²) in [6.45, 7) is 9.78. The first-order valence-corrected chi connectivity index (χ1v) is 15.5. The molecule has 0 bridgehead atoms. The second-order valence-corrected chi connectivity index (χ2v) is 13.2. The number of piperidine rings is 1. The van der Waals surface area contributed by atoms with Gasteiger partial charge in [-0.3, -0.25) is 4.68 Å². The fourth-order valence-corrected chi connectivity index (χ4v) is 6.28. The zero-order valence-corrected chi connectivity index (χ0v) is 28.2. The van der Waals surface area contributed by atoms with Crippen molar-refractivity contribution in [2.24, 2.45) is 0 Å². The minimum Gasteiger partial charge on any atom is -0.444 e. The van der Waals surface area contributed by atoms with E-state index in [4.69, 9.17) is 4.74 Å². The van der Waals surface area contributed by atoms with Crippen LogP contribution in [0, 0.1) is 0 Å². The normalized spacial score (nSPS) is 19.0. The van der Waals surface area contributed by atoms with Gasteiger partial charge in [-0.2, -0.15) is 15.3 Å². The molecule has 1 aliphatic rings.